The highest BCUT2D eigenvalue weighted by Crippen LogP contribution is 2.15. The minimum absolute atomic E-state index is 0.342. The van der Waals surface area contributed by atoms with Crippen molar-refractivity contribution in [2.24, 2.45) is 0 Å². The molecule has 17 heavy (non-hydrogen) atoms. The molecule has 1 rings (SSSR count). The van der Waals surface area contributed by atoms with Gasteiger partial charge in [0.2, 0.25) is 0 Å². The zero-order valence-corrected chi connectivity index (χ0v) is 10.8. The molecule has 0 saturated carbocycles. The maximum atomic E-state index is 9.14. The minimum atomic E-state index is -0.342. The molecule has 0 saturated heterocycles. The van der Waals surface area contributed by atoms with Gasteiger partial charge in [-0.25, -0.2) is 0 Å². The Bertz CT molecular complexity index is 310. The van der Waals surface area contributed by atoms with Gasteiger partial charge in [-0.15, -0.1) is 0 Å². The molecule has 0 aliphatic heterocycles. The van der Waals surface area contributed by atoms with Gasteiger partial charge in [0.1, 0.15) is 12.4 Å². The highest BCUT2D eigenvalue weighted by atomic mass is 16.5. The van der Waals surface area contributed by atoms with E-state index in [1.54, 1.807) is 6.92 Å². The van der Waals surface area contributed by atoms with Crippen molar-refractivity contribution < 1.29 is 9.84 Å². The Morgan fingerprint density at radius 1 is 1.29 bits per heavy atom. The standard InChI is InChI=1S/C13H22N2O2/c1-11(16)10-14-12-4-6-13(7-5-12)17-9-8-15(2)3/h4-7,11,14,16H,8-10H2,1-3H3. The number of aliphatic hydroxyl groups is 1. The van der Waals surface area contributed by atoms with Gasteiger partial charge in [0, 0.05) is 18.8 Å². The number of rotatable bonds is 7. The monoisotopic (exact) mass is 238 g/mol. The van der Waals surface area contributed by atoms with Crippen LogP contribution in [0.1, 0.15) is 6.92 Å². The highest BCUT2D eigenvalue weighted by molar-refractivity contribution is 5.46. The summed E-state index contributed by atoms with van der Waals surface area (Å²) >= 11 is 0. The second-order valence-electron chi connectivity index (χ2n) is 4.41. The average Bonchev–Trinajstić information content (AvgIpc) is 2.27. The second-order valence-corrected chi connectivity index (χ2v) is 4.41. The van der Waals surface area contributed by atoms with E-state index < -0.39 is 0 Å². The zero-order chi connectivity index (χ0) is 12.7. The summed E-state index contributed by atoms with van der Waals surface area (Å²) in [6.45, 7) is 3.90. The van der Waals surface area contributed by atoms with Gasteiger partial charge in [0.15, 0.2) is 0 Å². The van der Waals surface area contributed by atoms with Crippen LogP contribution in [0.25, 0.3) is 0 Å². The Labute approximate surface area is 103 Å². The number of hydrogen-bond acceptors (Lipinski definition) is 4. The fourth-order valence-corrected chi connectivity index (χ4v) is 1.28. The molecule has 0 radical (unpaired) electrons. The first kappa shape index (κ1) is 13.8. The van der Waals surface area contributed by atoms with Gasteiger partial charge in [-0.3, -0.25) is 0 Å². The quantitative estimate of drug-likeness (QED) is 0.754. The van der Waals surface area contributed by atoms with Gasteiger partial charge in [-0.05, 0) is 45.3 Å². The van der Waals surface area contributed by atoms with E-state index in [4.69, 9.17) is 9.84 Å². The molecule has 0 heterocycles. The summed E-state index contributed by atoms with van der Waals surface area (Å²) in [6.07, 6.45) is -0.342. The number of hydrogen-bond donors (Lipinski definition) is 2. The molecule has 1 aromatic rings. The third-order valence-electron chi connectivity index (χ3n) is 2.26. The van der Waals surface area contributed by atoms with Crippen LogP contribution < -0.4 is 10.1 Å². The molecule has 0 fully saturated rings. The van der Waals surface area contributed by atoms with Crippen LogP contribution >= 0.6 is 0 Å². The molecule has 4 nitrogen and oxygen atoms in total. The van der Waals surface area contributed by atoms with E-state index in [9.17, 15) is 0 Å². The third-order valence-corrected chi connectivity index (χ3v) is 2.26. The number of aliphatic hydroxyl groups excluding tert-OH is 1. The number of nitrogens with zero attached hydrogens (tertiary/aromatic N) is 1. The van der Waals surface area contributed by atoms with Crippen LogP contribution in [0.15, 0.2) is 24.3 Å². The predicted octanol–water partition coefficient (Wildman–Crippen LogP) is 1.42. The lowest BCUT2D eigenvalue weighted by atomic mass is 10.3. The molecular formula is C13H22N2O2. The first-order valence-corrected chi connectivity index (χ1v) is 5.87. The maximum absolute atomic E-state index is 9.14. The van der Waals surface area contributed by atoms with Crippen molar-refractivity contribution in [1.29, 1.82) is 0 Å². The van der Waals surface area contributed by atoms with Crippen LogP contribution in [-0.4, -0.2) is 49.9 Å². The maximum Gasteiger partial charge on any atom is 0.119 e. The summed E-state index contributed by atoms with van der Waals surface area (Å²) in [5, 5.41) is 12.3. The fourth-order valence-electron chi connectivity index (χ4n) is 1.28. The molecule has 96 valence electrons. The molecule has 0 aliphatic carbocycles. The number of benzene rings is 1. The van der Waals surface area contributed by atoms with Crippen LogP contribution in [-0.2, 0) is 0 Å². The number of likely N-dealkylation sites (N-methyl/N-ethyl adjacent to an activating group) is 1. The fraction of sp³-hybridized carbons (Fsp3) is 0.538. The van der Waals surface area contributed by atoms with E-state index in [-0.39, 0.29) is 6.10 Å². The summed E-state index contributed by atoms with van der Waals surface area (Å²) in [7, 11) is 4.04. The predicted molar refractivity (Wildman–Crippen MR) is 70.7 cm³/mol. The van der Waals surface area contributed by atoms with Gasteiger partial charge in [0.25, 0.3) is 0 Å². The highest BCUT2D eigenvalue weighted by Gasteiger charge is 1.98. The summed E-state index contributed by atoms with van der Waals surface area (Å²) in [4.78, 5) is 2.08. The van der Waals surface area contributed by atoms with E-state index in [0.717, 1.165) is 18.0 Å². The van der Waals surface area contributed by atoms with Crippen LogP contribution in [0.3, 0.4) is 0 Å². The molecule has 0 amide bonds. The molecule has 0 aliphatic rings. The van der Waals surface area contributed by atoms with Crippen molar-refractivity contribution in [3.05, 3.63) is 24.3 Å². The van der Waals surface area contributed by atoms with Crippen LogP contribution in [0.2, 0.25) is 0 Å². The Balaban J connectivity index is 2.34. The van der Waals surface area contributed by atoms with Gasteiger partial charge in [-0.1, -0.05) is 0 Å². The second kappa shape index (κ2) is 7.14. The molecule has 1 aromatic carbocycles. The molecule has 4 heteroatoms. The Hall–Kier alpha value is -1.26. The van der Waals surface area contributed by atoms with Gasteiger partial charge < -0.3 is 20.1 Å². The summed E-state index contributed by atoms with van der Waals surface area (Å²) < 4.78 is 5.58. The van der Waals surface area contributed by atoms with Crippen molar-refractivity contribution in [2.45, 2.75) is 13.0 Å². The lowest BCUT2D eigenvalue weighted by Crippen LogP contribution is -2.19. The number of anilines is 1. The van der Waals surface area contributed by atoms with E-state index >= 15 is 0 Å². The number of nitrogens with one attached hydrogen (secondary N) is 1. The van der Waals surface area contributed by atoms with Crippen LogP contribution in [0, 0.1) is 0 Å². The zero-order valence-electron chi connectivity index (χ0n) is 10.8. The molecule has 0 spiro atoms. The topological polar surface area (TPSA) is 44.7 Å². The normalized spacial score (nSPS) is 12.5. The van der Waals surface area contributed by atoms with Gasteiger partial charge in [0.05, 0.1) is 6.10 Å². The van der Waals surface area contributed by atoms with E-state index in [0.29, 0.717) is 13.2 Å². The van der Waals surface area contributed by atoms with Crippen molar-refractivity contribution in [1.82, 2.24) is 4.90 Å². The Kier molecular flexibility index (Phi) is 5.80. The first-order valence-electron chi connectivity index (χ1n) is 5.87. The van der Waals surface area contributed by atoms with Crippen molar-refractivity contribution in [3.63, 3.8) is 0 Å². The lowest BCUT2D eigenvalue weighted by Gasteiger charge is -2.12. The van der Waals surface area contributed by atoms with Gasteiger partial charge >= 0.3 is 0 Å². The summed E-state index contributed by atoms with van der Waals surface area (Å²) in [5.74, 6) is 0.870. The van der Waals surface area contributed by atoms with E-state index in [1.807, 2.05) is 38.4 Å². The number of ether oxygens (including phenoxy) is 1. The molecule has 0 aromatic heterocycles. The largest absolute Gasteiger partial charge is 0.492 e. The van der Waals surface area contributed by atoms with Crippen molar-refractivity contribution in [3.8, 4) is 5.75 Å². The Morgan fingerprint density at radius 3 is 2.47 bits per heavy atom. The molecule has 1 atom stereocenters. The third kappa shape index (κ3) is 6.14. The van der Waals surface area contributed by atoms with Crippen molar-refractivity contribution >= 4 is 5.69 Å². The van der Waals surface area contributed by atoms with Crippen molar-refractivity contribution in [2.75, 3.05) is 39.1 Å². The first-order chi connectivity index (χ1) is 8.08. The smallest absolute Gasteiger partial charge is 0.119 e. The molecule has 0 bridgehead atoms. The van der Waals surface area contributed by atoms with Crippen LogP contribution in [0.4, 0.5) is 5.69 Å². The Morgan fingerprint density at radius 2 is 1.94 bits per heavy atom. The van der Waals surface area contributed by atoms with E-state index in [1.165, 1.54) is 0 Å². The molecule has 1 unspecified atom stereocenters. The summed E-state index contributed by atoms with van der Waals surface area (Å²) in [6, 6.07) is 7.76. The van der Waals surface area contributed by atoms with Crippen LogP contribution in [0.5, 0.6) is 5.75 Å². The minimum Gasteiger partial charge on any atom is -0.492 e. The molecule has 2 N–H and O–H groups in total. The molecular weight excluding hydrogens is 216 g/mol. The van der Waals surface area contributed by atoms with E-state index in [2.05, 4.69) is 10.2 Å². The summed E-state index contributed by atoms with van der Waals surface area (Å²) in [5.41, 5.74) is 0.992. The lowest BCUT2D eigenvalue weighted by molar-refractivity contribution is 0.208. The SMILES string of the molecule is CC(O)CNc1ccc(OCCN(C)C)cc1. The average molecular weight is 238 g/mol. The van der Waals surface area contributed by atoms with Gasteiger partial charge in [-0.2, -0.15) is 0 Å².